The van der Waals surface area contributed by atoms with Gasteiger partial charge in [0.2, 0.25) is 6.41 Å². The van der Waals surface area contributed by atoms with E-state index in [-0.39, 0.29) is 17.7 Å². The van der Waals surface area contributed by atoms with Crippen molar-refractivity contribution >= 4 is 12.2 Å². The molecule has 0 heterocycles. The van der Waals surface area contributed by atoms with Crippen LogP contribution < -0.4 is 5.32 Å². The highest BCUT2D eigenvalue weighted by Gasteiger charge is 2.20. The van der Waals surface area contributed by atoms with E-state index >= 15 is 0 Å². The Morgan fingerprint density at radius 3 is 2.47 bits per heavy atom. The van der Waals surface area contributed by atoms with Gasteiger partial charge < -0.3 is 5.32 Å². The fraction of sp³-hybridized carbons (Fsp3) is 0.429. The molecule has 1 amide bonds. The minimum Gasteiger partial charge on any atom is -0.349 e. The first-order valence-electron chi connectivity index (χ1n) is 5.91. The number of hydrogen-bond donors (Lipinski definition) is 1. The molecular weight excluding hydrogens is 214 g/mol. The van der Waals surface area contributed by atoms with Crippen LogP contribution in [-0.4, -0.2) is 18.2 Å². The Balaban J connectivity index is 2.50. The zero-order chi connectivity index (χ0) is 12.7. The monoisotopic (exact) mass is 233 g/mol. The molecule has 1 atom stereocenters. The van der Waals surface area contributed by atoms with Crippen LogP contribution in [0.2, 0.25) is 0 Å². The molecule has 0 aromatic heterocycles. The summed E-state index contributed by atoms with van der Waals surface area (Å²) in [6.07, 6.45) is 1.79. The molecule has 1 aromatic carbocycles. The lowest BCUT2D eigenvalue weighted by molar-refractivity contribution is -0.124. The maximum atomic E-state index is 11.9. The summed E-state index contributed by atoms with van der Waals surface area (Å²) in [5, 5.41) is 2.59. The van der Waals surface area contributed by atoms with Gasteiger partial charge in [-0.05, 0) is 17.9 Å². The molecule has 1 N–H and O–H groups in total. The first kappa shape index (κ1) is 13.4. The summed E-state index contributed by atoms with van der Waals surface area (Å²) in [5.74, 6) is 0.222. The van der Waals surface area contributed by atoms with E-state index < -0.39 is 0 Å². The average molecular weight is 233 g/mol. The van der Waals surface area contributed by atoms with E-state index in [1.165, 1.54) is 0 Å². The molecule has 0 radical (unpaired) electrons. The number of rotatable bonds is 7. The van der Waals surface area contributed by atoms with Crippen molar-refractivity contribution in [1.82, 2.24) is 5.32 Å². The van der Waals surface area contributed by atoms with Crippen LogP contribution in [-0.2, 0) is 16.0 Å². The largest absolute Gasteiger partial charge is 0.349 e. The Morgan fingerprint density at radius 1 is 1.29 bits per heavy atom. The maximum Gasteiger partial charge on any atom is 0.207 e. The predicted octanol–water partition coefficient (Wildman–Crippen LogP) is 1.96. The van der Waals surface area contributed by atoms with Crippen molar-refractivity contribution in [3.8, 4) is 0 Å². The Bertz CT molecular complexity index is 360. The topological polar surface area (TPSA) is 46.2 Å². The third-order valence-electron chi connectivity index (χ3n) is 2.76. The van der Waals surface area contributed by atoms with Crippen LogP contribution in [0.3, 0.4) is 0 Å². The van der Waals surface area contributed by atoms with Crippen molar-refractivity contribution < 1.29 is 9.59 Å². The molecule has 0 aliphatic rings. The van der Waals surface area contributed by atoms with E-state index in [2.05, 4.69) is 5.32 Å². The highest BCUT2D eigenvalue weighted by atomic mass is 16.1. The molecule has 0 saturated heterocycles. The normalized spacial score (nSPS) is 12.2. The summed E-state index contributed by atoms with van der Waals surface area (Å²) >= 11 is 0. The molecule has 1 unspecified atom stereocenters. The minimum atomic E-state index is -0.365. The molecule has 0 saturated carbocycles. The van der Waals surface area contributed by atoms with Gasteiger partial charge in [-0.1, -0.05) is 44.2 Å². The minimum absolute atomic E-state index is 0.0935. The number of aryl methyl sites for hydroxylation is 1. The smallest absolute Gasteiger partial charge is 0.207 e. The van der Waals surface area contributed by atoms with Crippen LogP contribution in [0, 0.1) is 5.92 Å². The molecule has 0 bridgehead atoms. The van der Waals surface area contributed by atoms with Crippen LogP contribution in [0.4, 0.5) is 0 Å². The standard InChI is InChI=1S/C14H19NO2/c1-11(2)14(15-10-16)13(17)9-8-12-6-4-3-5-7-12/h3-7,10-11,14H,8-9H2,1-2H3,(H,15,16). The Kier molecular flexibility index (Phi) is 5.40. The number of benzene rings is 1. The second-order valence-electron chi connectivity index (χ2n) is 4.46. The summed E-state index contributed by atoms with van der Waals surface area (Å²) in [7, 11) is 0. The summed E-state index contributed by atoms with van der Waals surface area (Å²) in [6, 6.07) is 9.52. The van der Waals surface area contributed by atoms with Gasteiger partial charge in [-0.25, -0.2) is 0 Å². The molecule has 1 rings (SSSR count). The Labute approximate surface area is 102 Å². The number of amides is 1. The van der Waals surface area contributed by atoms with Crippen LogP contribution in [0.15, 0.2) is 30.3 Å². The predicted molar refractivity (Wildman–Crippen MR) is 67.6 cm³/mol. The summed E-state index contributed by atoms with van der Waals surface area (Å²) in [5.41, 5.74) is 1.15. The third-order valence-corrected chi connectivity index (χ3v) is 2.76. The molecule has 3 heteroatoms. The van der Waals surface area contributed by atoms with Crippen molar-refractivity contribution in [3.05, 3.63) is 35.9 Å². The highest BCUT2D eigenvalue weighted by Crippen LogP contribution is 2.08. The molecule has 17 heavy (non-hydrogen) atoms. The van der Waals surface area contributed by atoms with E-state index in [1.54, 1.807) is 0 Å². The fourth-order valence-corrected chi connectivity index (χ4v) is 1.80. The van der Waals surface area contributed by atoms with Gasteiger partial charge in [-0.15, -0.1) is 0 Å². The number of Topliss-reactive ketones (excluding diaryl/α,β-unsaturated/α-hetero) is 1. The van der Waals surface area contributed by atoms with Crippen molar-refractivity contribution in [1.29, 1.82) is 0 Å². The SMILES string of the molecule is CC(C)C(NC=O)C(=O)CCc1ccccc1. The van der Waals surface area contributed by atoms with Gasteiger partial charge in [0.05, 0.1) is 6.04 Å². The number of carbonyl (C=O) groups is 2. The molecular formula is C14H19NO2. The van der Waals surface area contributed by atoms with Crippen LogP contribution in [0.25, 0.3) is 0 Å². The van der Waals surface area contributed by atoms with Gasteiger partial charge in [0.1, 0.15) is 0 Å². The molecule has 0 aliphatic carbocycles. The van der Waals surface area contributed by atoms with Crippen molar-refractivity contribution in [3.63, 3.8) is 0 Å². The summed E-state index contributed by atoms with van der Waals surface area (Å²) < 4.78 is 0. The first-order valence-corrected chi connectivity index (χ1v) is 5.91. The lowest BCUT2D eigenvalue weighted by atomic mass is 9.96. The van der Waals surface area contributed by atoms with Gasteiger partial charge in [-0.3, -0.25) is 9.59 Å². The lowest BCUT2D eigenvalue weighted by Gasteiger charge is -2.18. The lowest BCUT2D eigenvalue weighted by Crippen LogP contribution is -2.40. The van der Waals surface area contributed by atoms with Crippen molar-refractivity contribution in [2.45, 2.75) is 32.7 Å². The highest BCUT2D eigenvalue weighted by molar-refractivity contribution is 5.86. The second kappa shape index (κ2) is 6.84. The van der Waals surface area contributed by atoms with E-state index in [1.807, 2.05) is 44.2 Å². The quantitative estimate of drug-likeness (QED) is 0.732. The fourth-order valence-electron chi connectivity index (χ4n) is 1.80. The van der Waals surface area contributed by atoms with E-state index in [9.17, 15) is 9.59 Å². The summed E-state index contributed by atoms with van der Waals surface area (Å²) in [6.45, 7) is 3.86. The molecule has 3 nitrogen and oxygen atoms in total. The van der Waals surface area contributed by atoms with E-state index in [0.717, 1.165) is 12.0 Å². The molecule has 92 valence electrons. The molecule has 1 aromatic rings. The van der Waals surface area contributed by atoms with E-state index in [4.69, 9.17) is 0 Å². The van der Waals surface area contributed by atoms with Gasteiger partial charge in [0.25, 0.3) is 0 Å². The van der Waals surface area contributed by atoms with Gasteiger partial charge >= 0.3 is 0 Å². The van der Waals surface area contributed by atoms with Crippen molar-refractivity contribution in [2.75, 3.05) is 0 Å². The number of hydrogen-bond acceptors (Lipinski definition) is 2. The van der Waals surface area contributed by atoms with Crippen molar-refractivity contribution in [2.24, 2.45) is 5.92 Å². The maximum absolute atomic E-state index is 11.9. The molecule has 0 spiro atoms. The third kappa shape index (κ3) is 4.39. The molecule has 0 fully saturated rings. The van der Waals surface area contributed by atoms with Crippen LogP contribution in [0.1, 0.15) is 25.8 Å². The first-order chi connectivity index (χ1) is 8.15. The van der Waals surface area contributed by atoms with Crippen LogP contribution in [0.5, 0.6) is 0 Å². The zero-order valence-corrected chi connectivity index (χ0v) is 10.3. The van der Waals surface area contributed by atoms with Gasteiger partial charge in [0.15, 0.2) is 5.78 Å². The molecule has 0 aliphatic heterocycles. The zero-order valence-electron chi connectivity index (χ0n) is 10.3. The van der Waals surface area contributed by atoms with Gasteiger partial charge in [-0.2, -0.15) is 0 Å². The second-order valence-corrected chi connectivity index (χ2v) is 4.46. The summed E-state index contributed by atoms with van der Waals surface area (Å²) in [4.78, 5) is 22.4. The Morgan fingerprint density at radius 2 is 1.94 bits per heavy atom. The number of nitrogens with one attached hydrogen (secondary N) is 1. The number of carbonyl (C=O) groups excluding carboxylic acids is 2. The average Bonchev–Trinajstić information content (AvgIpc) is 2.34. The van der Waals surface area contributed by atoms with E-state index in [0.29, 0.717) is 12.8 Å². The van der Waals surface area contributed by atoms with Gasteiger partial charge in [0, 0.05) is 6.42 Å². The Hall–Kier alpha value is -1.64. The van der Waals surface area contributed by atoms with Crippen LogP contribution >= 0.6 is 0 Å². The number of ketones is 1.